The molecule has 0 radical (unpaired) electrons. The SMILES string of the molecule is COC(=O)/C(=C/c1cccc(Cl)c1Br)N=[N+]=[N-]. The monoisotopic (exact) mass is 315 g/mol. The molecule has 17 heavy (non-hydrogen) atoms. The molecule has 0 aliphatic heterocycles. The van der Waals surface area contributed by atoms with E-state index in [4.69, 9.17) is 17.1 Å². The first-order valence-corrected chi connectivity index (χ1v) is 5.56. The minimum atomic E-state index is -0.713. The van der Waals surface area contributed by atoms with E-state index in [0.29, 0.717) is 15.1 Å². The van der Waals surface area contributed by atoms with Gasteiger partial charge in [-0.05, 0) is 39.2 Å². The molecule has 88 valence electrons. The van der Waals surface area contributed by atoms with Crippen LogP contribution in [0, 0.1) is 0 Å². The van der Waals surface area contributed by atoms with Gasteiger partial charge in [-0.25, -0.2) is 4.79 Å². The van der Waals surface area contributed by atoms with Crippen molar-refractivity contribution in [2.45, 2.75) is 0 Å². The van der Waals surface area contributed by atoms with Crippen LogP contribution in [0.4, 0.5) is 0 Å². The maximum atomic E-state index is 11.3. The van der Waals surface area contributed by atoms with Crippen LogP contribution in [0.15, 0.2) is 33.5 Å². The van der Waals surface area contributed by atoms with Crippen LogP contribution in [0.2, 0.25) is 5.02 Å². The predicted molar refractivity (Wildman–Crippen MR) is 68.3 cm³/mol. The van der Waals surface area contributed by atoms with Crippen LogP contribution in [0.1, 0.15) is 5.56 Å². The van der Waals surface area contributed by atoms with Gasteiger partial charge in [0.25, 0.3) is 0 Å². The number of carbonyl (C=O) groups excluding carboxylic acids is 1. The van der Waals surface area contributed by atoms with Gasteiger partial charge in [0.05, 0.1) is 12.1 Å². The van der Waals surface area contributed by atoms with Gasteiger partial charge in [0.1, 0.15) is 5.70 Å². The van der Waals surface area contributed by atoms with Crippen molar-refractivity contribution in [1.82, 2.24) is 0 Å². The zero-order valence-electron chi connectivity index (χ0n) is 8.72. The van der Waals surface area contributed by atoms with Crippen LogP contribution in [0.3, 0.4) is 0 Å². The number of rotatable bonds is 3. The van der Waals surface area contributed by atoms with Gasteiger partial charge in [-0.1, -0.05) is 28.8 Å². The maximum Gasteiger partial charge on any atom is 0.340 e. The van der Waals surface area contributed by atoms with Crippen molar-refractivity contribution in [2.24, 2.45) is 5.11 Å². The lowest BCUT2D eigenvalue weighted by Crippen LogP contribution is -2.02. The molecule has 0 aliphatic carbocycles. The molecule has 0 fully saturated rings. The fourth-order valence-electron chi connectivity index (χ4n) is 1.06. The molecule has 0 saturated heterocycles. The number of esters is 1. The van der Waals surface area contributed by atoms with Gasteiger partial charge in [0.15, 0.2) is 0 Å². The number of carbonyl (C=O) groups is 1. The Hall–Kier alpha value is -1.49. The molecule has 0 N–H and O–H groups in total. The third-order valence-electron chi connectivity index (χ3n) is 1.82. The highest BCUT2D eigenvalue weighted by Gasteiger charge is 2.09. The van der Waals surface area contributed by atoms with Crippen LogP contribution in [-0.2, 0) is 9.53 Å². The Labute approximate surface area is 111 Å². The second kappa shape index (κ2) is 6.30. The molecule has 0 bridgehead atoms. The highest BCUT2D eigenvalue weighted by atomic mass is 79.9. The van der Waals surface area contributed by atoms with Crippen LogP contribution in [0.25, 0.3) is 16.5 Å². The minimum absolute atomic E-state index is 0.141. The molecule has 0 saturated carbocycles. The summed E-state index contributed by atoms with van der Waals surface area (Å²) in [7, 11) is 1.20. The Morgan fingerprint density at radius 3 is 2.94 bits per heavy atom. The average Bonchev–Trinajstić information content (AvgIpc) is 2.33. The third-order valence-corrected chi connectivity index (χ3v) is 3.25. The van der Waals surface area contributed by atoms with Crippen molar-refractivity contribution < 1.29 is 9.53 Å². The van der Waals surface area contributed by atoms with E-state index in [2.05, 4.69) is 30.7 Å². The quantitative estimate of drug-likeness (QED) is 0.278. The second-order valence-electron chi connectivity index (χ2n) is 2.85. The van der Waals surface area contributed by atoms with E-state index in [1.165, 1.54) is 13.2 Å². The Balaban J connectivity index is 3.26. The second-order valence-corrected chi connectivity index (χ2v) is 4.05. The molecular formula is C10H7BrClN3O2. The first-order chi connectivity index (χ1) is 8.10. The van der Waals surface area contributed by atoms with Crippen molar-refractivity contribution in [2.75, 3.05) is 7.11 Å². The van der Waals surface area contributed by atoms with Crippen LogP contribution >= 0.6 is 27.5 Å². The van der Waals surface area contributed by atoms with Crippen molar-refractivity contribution in [3.8, 4) is 0 Å². The molecule has 0 unspecified atom stereocenters. The van der Waals surface area contributed by atoms with Crippen molar-refractivity contribution in [3.05, 3.63) is 49.4 Å². The Morgan fingerprint density at radius 2 is 2.35 bits per heavy atom. The van der Waals surface area contributed by atoms with Gasteiger partial charge in [0.2, 0.25) is 0 Å². The lowest BCUT2D eigenvalue weighted by atomic mass is 10.2. The highest BCUT2D eigenvalue weighted by molar-refractivity contribution is 9.10. The van der Waals surface area contributed by atoms with E-state index in [-0.39, 0.29) is 5.70 Å². The molecular weight excluding hydrogens is 309 g/mol. The van der Waals surface area contributed by atoms with E-state index in [0.717, 1.165) is 0 Å². The summed E-state index contributed by atoms with van der Waals surface area (Å²) in [6.45, 7) is 0. The van der Waals surface area contributed by atoms with Crippen molar-refractivity contribution in [3.63, 3.8) is 0 Å². The zero-order valence-corrected chi connectivity index (χ0v) is 11.1. The van der Waals surface area contributed by atoms with Gasteiger partial charge in [-0.15, -0.1) is 0 Å². The molecule has 1 rings (SSSR count). The van der Waals surface area contributed by atoms with Gasteiger partial charge < -0.3 is 4.74 Å². The normalized spacial score (nSPS) is 10.6. The summed E-state index contributed by atoms with van der Waals surface area (Å²) in [5, 5.41) is 3.75. The standard InChI is InChI=1S/C10H7BrClN3O2/c1-17-10(16)8(14-15-13)5-6-3-2-4-7(12)9(6)11/h2-5H,1H3/b8-5-. The summed E-state index contributed by atoms with van der Waals surface area (Å²) < 4.78 is 5.09. The lowest BCUT2D eigenvalue weighted by molar-refractivity contribution is -0.136. The number of hydrogen-bond acceptors (Lipinski definition) is 3. The first kappa shape index (κ1) is 13.6. The Kier molecular flexibility index (Phi) is 5.03. The van der Waals surface area contributed by atoms with E-state index in [1.807, 2.05) is 0 Å². The first-order valence-electron chi connectivity index (χ1n) is 4.39. The molecule has 0 aromatic heterocycles. The van der Waals surface area contributed by atoms with Crippen LogP contribution in [-0.4, -0.2) is 13.1 Å². The van der Waals surface area contributed by atoms with Crippen molar-refractivity contribution in [1.29, 1.82) is 0 Å². The molecule has 1 aromatic rings. The van der Waals surface area contributed by atoms with Crippen LogP contribution in [0.5, 0.6) is 0 Å². The van der Waals surface area contributed by atoms with Gasteiger partial charge >= 0.3 is 5.97 Å². The van der Waals surface area contributed by atoms with E-state index >= 15 is 0 Å². The summed E-state index contributed by atoms with van der Waals surface area (Å²) in [5.74, 6) is -0.713. The Morgan fingerprint density at radius 1 is 1.65 bits per heavy atom. The van der Waals surface area contributed by atoms with E-state index < -0.39 is 5.97 Å². The summed E-state index contributed by atoms with van der Waals surface area (Å²) in [6, 6.07) is 5.12. The average molecular weight is 317 g/mol. The molecule has 0 heterocycles. The summed E-state index contributed by atoms with van der Waals surface area (Å²) >= 11 is 9.16. The topological polar surface area (TPSA) is 75.1 Å². The van der Waals surface area contributed by atoms with E-state index in [1.54, 1.807) is 18.2 Å². The Bertz CT molecular complexity index is 524. The third kappa shape index (κ3) is 3.49. The minimum Gasteiger partial charge on any atom is -0.466 e. The number of benzene rings is 1. The lowest BCUT2D eigenvalue weighted by Gasteiger charge is -2.02. The van der Waals surface area contributed by atoms with Gasteiger partial charge in [-0.3, -0.25) is 0 Å². The largest absolute Gasteiger partial charge is 0.466 e. The van der Waals surface area contributed by atoms with Crippen molar-refractivity contribution >= 4 is 39.6 Å². The van der Waals surface area contributed by atoms with Gasteiger partial charge in [-0.2, -0.15) is 0 Å². The fraction of sp³-hybridized carbons (Fsp3) is 0.100. The number of ether oxygens (including phenoxy) is 1. The summed E-state index contributed by atoms with van der Waals surface area (Å²) in [5.41, 5.74) is 8.83. The highest BCUT2D eigenvalue weighted by Crippen LogP contribution is 2.28. The summed E-state index contributed by atoms with van der Waals surface area (Å²) in [6.07, 6.45) is 1.39. The number of methoxy groups -OCH3 is 1. The number of hydrogen-bond donors (Lipinski definition) is 0. The number of halogens is 2. The fourth-order valence-corrected chi connectivity index (χ4v) is 1.62. The molecule has 0 spiro atoms. The smallest absolute Gasteiger partial charge is 0.340 e. The molecule has 1 aromatic carbocycles. The molecule has 0 amide bonds. The van der Waals surface area contributed by atoms with Gasteiger partial charge in [0, 0.05) is 9.38 Å². The molecule has 7 heteroatoms. The predicted octanol–water partition coefficient (Wildman–Crippen LogP) is 3.93. The van der Waals surface area contributed by atoms with E-state index in [9.17, 15) is 4.79 Å². The molecule has 0 aliphatic rings. The van der Waals surface area contributed by atoms with Crippen LogP contribution < -0.4 is 0 Å². The molecule has 5 nitrogen and oxygen atoms in total. The zero-order chi connectivity index (χ0) is 12.8. The molecule has 0 atom stereocenters. The number of azide groups is 1. The summed E-state index contributed by atoms with van der Waals surface area (Å²) in [4.78, 5) is 13.9. The maximum absolute atomic E-state index is 11.3. The number of nitrogens with zero attached hydrogens (tertiary/aromatic N) is 3.